The van der Waals surface area contributed by atoms with Crippen LogP contribution in [0.15, 0.2) is 77.7 Å². The van der Waals surface area contributed by atoms with Crippen LogP contribution in [0.5, 0.6) is 5.88 Å². The highest BCUT2D eigenvalue weighted by molar-refractivity contribution is 7.92. The predicted octanol–water partition coefficient (Wildman–Crippen LogP) is 5.69. The van der Waals surface area contributed by atoms with Crippen molar-refractivity contribution in [3.8, 4) is 17.1 Å². The lowest BCUT2D eigenvalue weighted by Crippen LogP contribution is -2.31. The SMILES string of the molecule is Cc1cccc(C)c1-c1cc2nc(n1)NS(=O)(=O)c1cccc(c1)C(=O)NCC(c1ccc(C3CCC3)cc1)O2. The van der Waals surface area contributed by atoms with Gasteiger partial charge in [0.15, 0.2) is 0 Å². The number of anilines is 1. The average Bonchev–Trinajstić information content (AvgIpc) is 2.90. The highest BCUT2D eigenvalue weighted by atomic mass is 32.2. The average molecular weight is 555 g/mol. The normalized spacial score (nSPS) is 18.6. The third kappa shape index (κ3) is 5.16. The lowest BCUT2D eigenvalue weighted by molar-refractivity contribution is 0.0925. The van der Waals surface area contributed by atoms with Crippen LogP contribution in [-0.4, -0.2) is 30.8 Å². The first-order valence-corrected chi connectivity index (χ1v) is 14.9. The van der Waals surface area contributed by atoms with Gasteiger partial charge in [-0.2, -0.15) is 4.98 Å². The number of benzene rings is 3. The standard InChI is InChI=1S/C31H30N4O4S/c1-19-6-3-7-20(2)29(19)26-17-28-34-31(33-26)35-40(37,38)25-11-5-10-24(16-25)30(36)32-18-27(39-28)23-14-12-22(13-15-23)21-8-4-9-21/h3,5-7,10-17,21,27H,4,8-9,18H2,1-2H3,(H,32,36)(H,33,34,35). The van der Waals surface area contributed by atoms with Gasteiger partial charge < -0.3 is 10.1 Å². The van der Waals surface area contributed by atoms with Gasteiger partial charge in [-0.05, 0) is 73.1 Å². The number of carbonyl (C=O) groups is 1. The third-order valence-electron chi connectivity index (χ3n) is 7.67. The first-order valence-electron chi connectivity index (χ1n) is 13.4. The van der Waals surface area contributed by atoms with Crippen LogP contribution >= 0.6 is 0 Å². The molecule has 1 atom stereocenters. The van der Waals surface area contributed by atoms with E-state index in [4.69, 9.17) is 4.74 Å². The topological polar surface area (TPSA) is 110 Å². The van der Waals surface area contributed by atoms with Gasteiger partial charge in [-0.15, -0.1) is 0 Å². The number of nitrogens with one attached hydrogen (secondary N) is 2. The fourth-order valence-electron chi connectivity index (χ4n) is 5.25. The van der Waals surface area contributed by atoms with Crippen LogP contribution in [-0.2, 0) is 10.0 Å². The van der Waals surface area contributed by atoms with Gasteiger partial charge in [0, 0.05) is 17.2 Å². The van der Waals surface area contributed by atoms with Crippen molar-refractivity contribution in [1.82, 2.24) is 15.3 Å². The van der Waals surface area contributed by atoms with Gasteiger partial charge in [-0.25, -0.2) is 18.1 Å². The molecule has 1 aliphatic carbocycles. The fourth-order valence-corrected chi connectivity index (χ4v) is 6.24. The van der Waals surface area contributed by atoms with Crippen LogP contribution < -0.4 is 14.8 Å². The van der Waals surface area contributed by atoms with Gasteiger partial charge in [-0.3, -0.25) is 4.79 Å². The predicted molar refractivity (Wildman–Crippen MR) is 153 cm³/mol. The summed E-state index contributed by atoms with van der Waals surface area (Å²) < 4.78 is 35.5. The molecule has 4 bridgehead atoms. The molecule has 1 fully saturated rings. The number of hydrogen-bond donors (Lipinski definition) is 2. The highest BCUT2D eigenvalue weighted by Gasteiger charge is 2.24. The minimum absolute atomic E-state index is 0.0638. The summed E-state index contributed by atoms with van der Waals surface area (Å²) in [7, 11) is -4.09. The monoisotopic (exact) mass is 554 g/mol. The van der Waals surface area contributed by atoms with E-state index in [9.17, 15) is 13.2 Å². The molecule has 0 saturated heterocycles. The number of rotatable bonds is 3. The maximum absolute atomic E-state index is 13.3. The van der Waals surface area contributed by atoms with Crippen molar-refractivity contribution in [3.05, 3.63) is 101 Å². The van der Waals surface area contributed by atoms with Crippen molar-refractivity contribution < 1.29 is 17.9 Å². The quantitative estimate of drug-likeness (QED) is 0.337. The minimum atomic E-state index is -4.09. The minimum Gasteiger partial charge on any atom is -0.467 e. The molecule has 2 aliphatic rings. The Balaban J connectivity index is 1.47. The first kappa shape index (κ1) is 26.0. The largest absolute Gasteiger partial charge is 0.467 e. The molecule has 0 radical (unpaired) electrons. The van der Waals surface area contributed by atoms with Crippen LogP contribution in [0.25, 0.3) is 11.3 Å². The van der Waals surface area contributed by atoms with E-state index in [2.05, 4.69) is 32.1 Å². The molecule has 1 unspecified atom stereocenters. The van der Waals surface area contributed by atoms with Crippen LogP contribution in [0.1, 0.15) is 63.9 Å². The van der Waals surface area contributed by atoms with E-state index in [0.29, 0.717) is 11.6 Å². The van der Waals surface area contributed by atoms with Crippen molar-refractivity contribution in [3.63, 3.8) is 0 Å². The Bertz CT molecular complexity index is 1680. The summed E-state index contributed by atoms with van der Waals surface area (Å²) in [6.07, 6.45) is 3.09. The summed E-state index contributed by atoms with van der Waals surface area (Å²) >= 11 is 0. The molecule has 8 nitrogen and oxygen atoms in total. The van der Waals surface area contributed by atoms with Crippen molar-refractivity contribution in [2.45, 2.75) is 50.0 Å². The van der Waals surface area contributed by atoms with Crippen LogP contribution in [0.2, 0.25) is 0 Å². The number of carbonyl (C=O) groups excluding carboxylic acids is 1. The molecule has 40 heavy (non-hydrogen) atoms. The van der Waals surface area contributed by atoms with E-state index in [-0.39, 0.29) is 28.8 Å². The molecule has 204 valence electrons. The van der Waals surface area contributed by atoms with Gasteiger partial charge in [-0.1, -0.05) is 55.0 Å². The Morgan fingerprint density at radius 1 is 0.875 bits per heavy atom. The summed E-state index contributed by atoms with van der Waals surface area (Å²) in [4.78, 5) is 22.0. The number of fused-ring (bicyclic) bond motifs is 4. The molecule has 1 saturated carbocycles. The lowest BCUT2D eigenvalue weighted by atomic mass is 9.80. The maximum atomic E-state index is 13.3. The Labute approximate surface area is 233 Å². The molecular formula is C31H30N4O4S. The molecule has 6 rings (SSSR count). The number of aryl methyl sites for hydroxylation is 2. The van der Waals surface area contributed by atoms with Crippen molar-refractivity contribution in [1.29, 1.82) is 0 Å². The molecule has 1 aromatic heterocycles. The zero-order chi connectivity index (χ0) is 27.9. The van der Waals surface area contributed by atoms with Crippen LogP contribution in [0.3, 0.4) is 0 Å². The maximum Gasteiger partial charge on any atom is 0.264 e. The lowest BCUT2D eigenvalue weighted by Gasteiger charge is -2.26. The summed E-state index contributed by atoms with van der Waals surface area (Å²) in [5.74, 6) is 0.279. The van der Waals surface area contributed by atoms with E-state index < -0.39 is 22.0 Å². The summed E-state index contributed by atoms with van der Waals surface area (Å²) in [6.45, 7) is 4.11. The zero-order valence-corrected chi connectivity index (χ0v) is 23.2. The van der Waals surface area contributed by atoms with Crippen LogP contribution in [0, 0.1) is 13.8 Å². The molecular weight excluding hydrogens is 524 g/mol. The molecule has 1 amide bonds. The summed E-state index contributed by atoms with van der Waals surface area (Å²) in [5.41, 5.74) is 5.78. The van der Waals surface area contributed by atoms with Gasteiger partial charge in [0.2, 0.25) is 11.8 Å². The molecule has 0 spiro atoms. The molecule has 9 heteroatoms. The smallest absolute Gasteiger partial charge is 0.264 e. The molecule has 2 heterocycles. The van der Waals surface area contributed by atoms with E-state index in [1.807, 2.05) is 44.2 Å². The second-order valence-corrected chi connectivity index (χ2v) is 12.1. The van der Waals surface area contributed by atoms with Crippen LogP contribution in [0.4, 0.5) is 5.95 Å². The number of aromatic nitrogens is 2. The van der Waals surface area contributed by atoms with Gasteiger partial charge >= 0.3 is 0 Å². The molecule has 1 aliphatic heterocycles. The Kier molecular flexibility index (Phi) is 6.75. The van der Waals surface area contributed by atoms with E-state index in [0.717, 1.165) is 22.3 Å². The van der Waals surface area contributed by atoms with E-state index >= 15 is 0 Å². The number of sulfonamides is 1. The van der Waals surface area contributed by atoms with E-state index in [1.54, 1.807) is 12.1 Å². The van der Waals surface area contributed by atoms with Crippen molar-refractivity contribution in [2.24, 2.45) is 0 Å². The molecule has 4 aromatic rings. The Hall–Kier alpha value is -4.24. The Morgan fingerprint density at radius 2 is 1.57 bits per heavy atom. The fraction of sp³-hybridized carbons (Fsp3) is 0.258. The second kappa shape index (κ2) is 10.4. The van der Waals surface area contributed by atoms with Gasteiger partial charge in [0.25, 0.3) is 15.9 Å². The molecule has 2 N–H and O–H groups in total. The van der Waals surface area contributed by atoms with Crippen molar-refractivity contribution >= 4 is 21.9 Å². The van der Waals surface area contributed by atoms with Crippen molar-refractivity contribution in [2.75, 3.05) is 11.3 Å². The van der Waals surface area contributed by atoms with Gasteiger partial charge in [0.1, 0.15) is 6.10 Å². The number of hydrogen-bond acceptors (Lipinski definition) is 6. The number of amides is 1. The summed E-state index contributed by atoms with van der Waals surface area (Å²) in [5, 5.41) is 2.92. The third-order valence-corrected chi connectivity index (χ3v) is 8.99. The van der Waals surface area contributed by atoms with E-state index in [1.165, 1.54) is 43.0 Å². The number of ether oxygens (including phenoxy) is 1. The summed E-state index contributed by atoms with van der Waals surface area (Å²) in [6, 6.07) is 21.8. The Morgan fingerprint density at radius 3 is 2.27 bits per heavy atom. The first-order chi connectivity index (χ1) is 19.3. The second-order valence-electron chi connectivity index (χ2n) is 10.4. The highest BCUT2D eigenvalue weighted by Crippen LogP contribution is 2.37. The van der Waals surface area contributed by atoms with Gasteiger partial charge in [0.05, 0.1) is 17.1 Å². The zero-order valence-electron chi connectivity index (χ0n) is 22.3. The number of nitrogens with zero attached hydrogens (tertiary/aromatic N) is 2. The molecule has 3 aromatic carbocycles.